The molecule has 0 radical (unpaired) electrons. The maximum absolute atomic E-state index is 12.2. The Morgan fingerprint density at radius 2 is 1.81 bits per heavy atom. The van der Waals surface area contributed by atoms with E-state index in [4.69, 9.17) is 25.8 Å². The second kappa shape index (κ2) is 6.23. The number of ether oxygens (including phenoxy) is 3. The first kappa shape index (κ1) is 18.4. The van der Waals surface area contributed by atoms with Crippen molar-refractivity contribution in [3.05, 3.63) is 0 Å². The average Bonchev–Trinajstić information content (AvgIpc) is 2.64. The molecule has 21 heavy (non-hydrogen) atoms. The Morgan fingerprint density at radius 3 is 2.24 bits per heavy atom. The zero-order valence-electron chi connectivity index (χ0n) is 13.6. The summed E-state index contributed by atoms with van der Waals surface area (Å²) in [5, 5.41) is -0.461. The van der Waals surface area contributed by atoms with Crippen LogP contribution in [0.25, 0.3) is 0 Å². The van der Waals surface area contributed by atoms with Gasteiger partial charge in [0, 0.05) is 5.41 Å². The molecule has 1 fully saturated rings. The average molecular weight is 321 g/mol. The van der Waals surface area contributed by atoms with Gasteiger partial charge in [0.05, 0.1) is 12.0 Å². The van der Waals surface area contributed by atoms with Crippen molar-refractivity contribution in [1.82, 2.24) is 0 Å². The smallest absolute Gasteiger partial charge is 0.311 e. The molecule has 0 spiro atoms. The first-order valence-corrected chi connectivity index (χ1v) is 7.42. The van der Waals surface area contributed by atoms with Crippen LogP contribution in [0.3, 0.4) is 0 Å². The van der Waals surface area contributed by atoms with Gasteiger partial charge < -0.3 is 14.2 Å². The van der Waals surface area contributed by atoms with Crippen LogP contribution < -0.4 is 0 Å². The number of carbonyl (C=O) groups is 2. The number of hydrogen-bond donors (Lipinski definition) is 0. The molecule has 6 heteroatoms. The Bertz CT molecular complexity index is 414. The summed E-state index contributed by atoms with van der Waals surface area (Å²) in [4.78, 5) is 23.6. The minimum Gasteiger partial charge on any atom is -0.462 e. The SMILES string of the molecule is CC1(C)OCC(COC(=O)C(C)(C)CC(C)(C)C(=O)Cl)O1. The van der Waals surface area contributed by atoms with Gasteiger partial charge in [0.25, 0.3) is 0 Å². The Balaban J connectivity index is 2.52. The van der Waals surface area contributed by atoms with E-state index in [9.17, 15) is 9.59 Å². The van der Waals surface area contributed by atoms with Crippen molar-refractivity contribution in [2.75, 3.05) is 13.2 Å². The lowest BCUT2D eigenvalue weighted by Gasteiger charge is -2.30. The van der Waals surface area contributed by atoms with Crippen molar-refractivity contribution in [1.29, 1.82) is 0 Å². The zero-order valence-corrected chi connectivity index (χ0v) is 14.4. The number of hydrogen-bond acceptors (Lipinski definition) is 5. The quantitative estimate of drug-likeness (QED) is 0.556. The summed E-state index contributed by atoms with van der Waals surface area (Å²) in [6.45, 7) is 11.1. The third-order valence-corrected chi connectivity index (χ3v) is 3.95. The monoisotopic (exact) mass is 320 g/mol. The molecule has 0 saturated carbocycles. The van der Waals surface area contributed by atoms with E-state index in [0.29, 0.717) is 13.0 Å². The highest BCUT2D eigenvalue weighted by Crippen LogP contribution is 2.36. The van der Waals surface area contributed by atoms with E-state index in [1.165, 1.54) is 0 Å². The van der Waals surface area contributed by atoms with Gasteiger partial charge in [-0.25, -0.2) is 0 Å². The zero-order chi connectivity index (χ0) is 16.5. The number of esters is 1. The van der Waals surface area contributed by atoms with Crippen molar-refractivity contribution < 1.29 is 23.8 Å². The van der Waals surface area contributed by atoms with Crippen LogP contribution in [0.2, 0.25) is 0 Å². The van der Waals surface area contributed by atoms with Crippen LogP contribution in [-0.2, 0) is 23.8 Å². The lowest BCUT2D eigenvalue weighted by atomic mass is 9.76. The van der Waals surface area contributed by atoms with Gasteiger partial charge in [0.1, 0.15) is 12.7 Å². The van der Waals surface area contributed by atoms with Gasteiger partial charge >= 0.3 is 5.97 Å². The molecule has 1 saturated heterocycles. The van der Waals surface area contributed by atoms with Crippen LogP contribution in [0.15, 0.2) is 0 Å². The largest absolute Gasteiger partial charge is 0.462 e. The standard InChI is InChI=1S/C15H25ClO5/c1-13(2,11(16)17)9-14(3,4)12(18)19-7-10-8-20-15(5,6)21-10/h10H,7-9H2,1-6H3. The van der Waals surface area contributed by atoms with E-state index >= 15 is 0 Å². The second-order valence-electron chi connectivity index (χ2n) is 7.27. The lowest BCUT2D eigenvalue weighted by Crippen LogP contribution is -2.36. The van der Waals surface area contributed by atoms with E-state index in [1.807, 2.05) is 13.8 Å². The molecule has 1 aliphatic rings. The number of halogens is 1. The minimum absolute atomic E-state index is 0.140. The normalized spacial score (nSPS) is 22.1. The molecule has 1 heterocycles. The Kier molecular flexibility index (Phi) is 5.45. The molecule has 0 amide bonds. The van der Waals surface area contributed by atoms with Gasteiger partial charge in [-0.2, -0.15) is 0 Å². The van der Waals surface area contributed by atoms with Crippen molar-refractivity contribution >= 4 is 22.8 Å². The molecule has 0 aromatic carbocycles. The molecule has 0 bridgehead atoms. The maximum atomic E-state index is 12.2. The van der Waals surface area contributed by atoms with Crippen LogP contribution in [0.1, 0.15) is 48.0 Å². The van der Waals surface area contributed by atoms with Gasteiger partial charge in [-0.1, -0.05) is 13.8 Å². The van der Waals surface area contributed by atoms with E-state index < -0.39 is 21.9 Å². The van der Waals surface area contributed by atoms with Crippen molar-refractivity contribution in [2.24, 2.45) is 10.8 Å². The van der Waals surface area contributed by atoms with Gasteiger partial charge in [-0.3, -0.25) is 9.59 Å². The molecule has 1 aliphatic heterocycles. The third kappa shape index (κ3) is 5.24. The molecule has 122 valence electrons. The van der Waals surface area contributed by atoms with Crippen LogP contribution in [0, 0.1) is 10.8 Å². The second-order valence-corrected chi connectivity index (χ2v) is 7.61. The number of carbonyl (C=O) groups excluding carboxylic acids is 2. The molecular weight excluding hydrogens is 296 g/mol. The van der Waals surface area contributed by atoms with Gasteiger partial charge in [0.15, 0.2) is 5.79 Å². The molecule has 1 atom stereocenters. The summed E-state index contributed by atoms with van der Waals surface area (Å²) in [5.41, 5.74) is -1.58. The summed E-state index contributed by atoms with van der Waals surface area (Å²) in [6.07, 6.45) is 0.0525. The minimum atomic E-state index is -0.803. The van der Waals surface area contributed by atoms with Crippen LogP contribution in [0.5, 0.6) is 0 Å². The topological polar surface area (TPSA) is 61.8 Å². The fourth-order valence-electron chi connectivity index (χ4n) is 2.46. The van der Waals surface area contributed by atoms with Gasteiger partial charge in [-0.15, -0.1) is 0 Å². The van der Waals surface area contributed by atoms with Gasteiger partial charge in [0.2, 0.25) is 5.24 Å². The molecule has 0 aromatic heterocycles. The Morgan fingerprint density at radius 1 is 1.24 bits per heavy atom. The van der Waals surface area contributed by atoms with Crippen molar-refractivity contribution in [2.45, 2.75) is 59.9 Å². The predicted octanol–water partition coefficient (Wildman–Crippen LogP) is 2.89. The highest BCUT2D eigenvalue weighted by molar-refractivity contribution is 6.64. The summed E-state index contributed by atoms with van der Waals surface area (Å²) < 4.78 is 16.3. The third-order valence-electron chi connectivity index (χ3n) is 3.44. The molecule has 0 aliphatic carbocycles. The fraction of sp³-hybridized carbons (Fsp3) is 0.867. The summed E-state index contributed by atoms with van der Waals surface area (Å²) in [7, 11) is 0. The van der Waals surface area contributed by atoms with Crippen LogP contribution >= 0.6 is 11.6 Å². The Hall–Kier alpha value is -0.650. The van der Waals surface area contributed by atoms with Crippen LogP contribution in [0.4, 0.5) is 0 Å². The maximum Gasteiger partial charge on any atom is 0.311 e. The first-order chi connectivity index (χ1) is 9.36. The summed E-state index contributed by atoms with van der Waals surface area (Å²) >= 11 is 5.56. The summed E-state index contributed by atoms with van der Waals surface area (Å²) in [5.74, 6) is -1.01. The Labute approximate surface area is 131 Å². The predicted molar refractivity (Wildman–Crippen MR) is 78.9 cm³/mol. The van der Waals surface area contributed by atoms with E-state index in [-0.39, 0.29) is 18.7 Å². The van der Waals surface area contributed by atoms with Crippen molar-refractivity contribution in [3.8, 4) is 0 Å². The molecule has 1 rings (SSSR count). The summed E-state index contributed by atoms with van der Waals surface area (Å²) in [6, 6.07) is 0. The fourth-order valence-corrected chi connectivity index (χ4v) is 2.52. The molecular formula is C15H25ClO5. The number of rotatable bonds is 6. The lowest BCUT2D eigenvalue weighted by molar-refractivity contribution is -0.166. The van der Waals surface area contributed by atoms with Crippen LogP contribution in [-0.4, -0.2) is 36.3 Å². The van der Waals surface area contributed by atoms with E-state index in [2.05, 4.69) is 0 Å². The molecule has 0 aromatic rings. The van der Waals surface area contributed by atoms with E-state index in [1.54, 1.807) is 27.7 Å². The molecule has 5 nitrogen and oxygen atoms in total. The highest BCUT2D eigenvalue weighted by atomic mass is 35.5. The first-order valence-electron chi connectivity index (χ1n) is 7.05. The molecule has 1 unspecified atom stereocenters. The molecule has 0 N–H and O–H groups in total. The highest BCUT2D eigenvalue weighted by Gasteiger charge is 2.40. The van der Waals surface area contributed by atoms with Crippen molar-refractivity contribution in [3.63, 3.8) is 0 Å². The van der Waals surface area contributed by atoms with Gasteiger partial charge in [-0.05, 0) is 45.7 Å². The van der Waals surface area contributed by atoms with E-state index in [0.717, 1.165) is 0 Å².